The van der Waals surface area contributed by atoms with Crippen LogP contribution < -0.4 is 0 Å². The van der Waals surface area contributed by atoms with Gasteiger partial charge in [0.2, 0.25) is 0 Å². The lowest BCUT2D eigenvalue weighted by Gasteiger charge is -2.14. The van der Waals surface area contributed by atoms with Crippen molar-refractivity contribution in [1.82, 2.24) is 0 Å². The molecule has 3 heteroatoms. The van der Waals surface area contributed by atoms with Crippen LogP contribution in [0.4, 0.5) is 4.39 Å². The molecule has 2 nitrogen and oxygen atoms in total. The maximum Gasteiger partial charge on any atom is 0.184 e. The molecule has 92 valence electrons. The summed E-state index contributed by atoms with van der Waals surface area (Å²) in [5.74, 6) is -0.240. The largest absolute Gasteiger partial charge is 0.346 e. The molecule has 1 saturated heterocycles. The van der Waals surface area contributed by atoms with Crippen LogP contribution in [0.3, 0.4) is 0 Å². The zero-order chi connectivity index (χ0) is 12.4. The molecule has 3 rings (SSSR count). The van der Waals surface area contributed by atoms with Crippen LogP contribution in [-0.2, 0) is 9.47 Å². The standard InChI is InChI=1S/C15H13FO2/c16-12-5-3-4-11(10-12)13-6-1-2-7-14(13)15-17-8-9-18-15/h1-7,10,15H,8-9H2. The summed E-state index contributed by atoms with van der Waals surface area (Å²) >= 11 is 0. The zero-order valence-corrected chi connectivity index (χ0v) is 9.80. The van der Waals surface area contributed by atoms with E-state index in [0.717, 1.165) is 16.7 Å². The third kappa shape index (κ3) is 2.15. The number of benzene rings is 2. The van der Waals surface area contributed by atoms with Crippen LogP contribution in [0.15, 0.2) is 48.5 Å². The van der Waals surface area contributed by atoms with E-state index in [4.69, 9.17) is 9.47 Å². The van der Waals surface area contributed by atoms with Crippen LogP contribution in [0.1, 0.15) is 11.9 Å². The molecule has 1 aliphatic rings. The summed E-state index contributed by atoms with van der Waals surface area (Å²) < 4.78 is 24.3. The minimum atomic E-state index is -0.343. The third-order valence-corrected chi connectivity index (χ3v) is 2.97. The second kappa shape index (κ2) is 4.88. The Labute approximate surface area is 105 Å². The van der Waals surface area contributed by atoms with Crippen LogP contribution in [0.25, 0.3) is 11.1 Å². The highest BCUT2D eigenvalue weighted by atomic mass is 19.1. The van der Waals surface area contributed by atoms with Gasteiger partial charge in [0.25, 0.3) is 0 Å². The first-order valence-electron chi connectivity index (χ1n) is 5.93. The highest BCUT2D eigenvalue weighted by Crippen LogP contribution is 2.32. The van der Waals surface area contributed by atoms with Crippen molar-refractivity contribution in [2.75, 3.05) is 13.2 Å². The van der Waals surface area contributed by atoms with E-state index in [2.05, 4.69) is 0 Å². The van der Waals surface area contributed by atoms with Crippen LogP contribution in [-0.4, -0.2) is 13.2 Å². The Hall–Kier alpha value is -1.71. The maximum absolute atomic E-state index is 13.3. The fourth-order valence-electron chi connectivity index (χ4n) is 2.16. The smallest absolute Gasteiger partial charge is 0.184 e. The van der Waals surface area contributed by atoms with Gasteiger partial charge in [-0.05, 0) is 23.3 Å². The number of rotatable bonds is 2. The summed E-state index contributed by atoms with van der Waals surface area (Å²) in [5.41, 5.74) is 2.73. The van der Waals surface area contributed by atoms with Crippen molar-refractivity contribution in [3.05, 3.63) is 59.9 Å². The first-order chi connectivity index (χ1) is 8.84. The first-order valence-corrected chi connectivity index (χ1v) is 5.93. The Morgan fingerprint density at radius 2 is 1.72 bits per heavy atom. The summed E-state index contributed by atoms with van der Waals surface area (Å²) in [6.07, 6.45) is -0.343. The molecule has 0 aliphatic carbocycles. The molecule has 0 atom stereocenters. The van der Waals surface area contributed by atoms with Crippen molar-refractivity contribution >= 4 is 0 Å². The molecule has 1 aliphatic heterocycles. The summed E-state index contributed by atoms with van der Waals surface area (Å²) in [6.45, 7) is 1.20. The van der Waals surface area contributed by atoms with Crippen molar-refractivity contribution in [1.29, 1.82) is 0 Å². The van der Waals surface area contributed by atoms with Crippen LogP contribution >= 0.6 is 0 Å². The molecule has 0 N–H and O–H groups in total. The number of ether oxygens (including phenoxy) is 2. The average Bonchev–Trinajstić information content (AvgIpc) is 2.92. The van der Waals surface area contributed by atoms with Gasteiger partial charge in [0.05, 0.1) is 13.2 Å². The normalized spacial score (nSPS) is 16.1. The predicted molar refractivity (Wildman–Crippen MR) is 66.5 cm³/mol. The molecule has 0 saturated carbocycles. The van der Waals surface area contributed by atoms with Crippen LogP contribution in [0.2, 0.25) is 0 Å². The monoisotopic (exact) mass is 244 g/mol. The van der Waals surface area contributed by atoms with Gasteiger partial charge in [0.15, 0.2) is 6.29 Å². The van der Waals surface area contributed by atoms with Gasteiger partial charge in [0.1, 0.15) is 5.82 Å². The second-order valence-electron chi connectivity index (χ2n) is 4.17. The molecule has 0 amide bonds. The minimum Gasteiger partial charge on any atom is -0.346 e. The zero-order valence-electron chi connectivity index (χ0n) is 9.80. The molecular weight excluding hydrogens is 231 g/mol. The van der Waals surface area contributed by atoms with E-state index in [1.807, 2.05) is 30.3 Å². The second-order valence-corrected chi connectivity index (χ2v) is 4.17. The van der Waals surface area contributed by atoms with Crippen molar-refractivity contribution in [2.45, 2.75) is 6.29 Å². The summed E-state index contributed by atoms with van der Waals surface area (Å²) in [6, 6.07) is 14.3. The fraction of sp³-hybridized carbons (Fsp3) is 0.200. The van der Waals surface area contributed by atoms with E-state index < -0.39 is 0 Å². The molecule has 1 fully saturated rings. The molecule has 18 heavy (non-hydrogen) atoms. The minimum absolute atomic E-state index is 0.240. The Morgan fingerprint density at radius 3 is 2.50 bits per heavy atom. The summed E-state index contributed by atoms with van der Waals surface area (Å²) in [7, 11) is 0. The summed E-state index contributed by atoms with van der Waals surface area (Å²) in [4.78, 5) is 0. The maximum atomic E-state index is 13.3. The van der Waals surface area contributed by atoms with E-state index in [1.165, 1.54) is 12.1 Å². The molecule has 0 spiro atoms. The Bertz CT molecular complexity index is 548. The number of halogens is 1. The van der Waals surface area contributed by atoms with Gasteiger partial charge in [-0.3, -0.25) is 0 Å². The van der Waals surface area contributed by atoms with E-state index >= 15 is 0 Å². The highest BCUT2D eigenvalue weighted by Gasteiger charge is 2.21. The van der Waals surface area contributed by atoms with Gasteiger partial charge in [0, 0.05) is 5.56 Å². The van der Waals surface area contributed by atoms with Crippen molar-refractivity contribution in [2.24, 2.45) is 0 Å². The first kappa shape index (κ1) is 11.4. The van der Waals surface area contributed by atoms with Gasteiger partial charge in [-0.1, -0.05) is 36.4 Å². The van der Waals surface area contributed by atoms with Gasteiger partial charge in [-0.15, -0.1) is 0 Å². The quantitative estimate of drug-likeness (QED) is 0.804. The fourth-order valence-corrected chi connectivity index (χ4v) is 2.16. The van der Waals surface area contributed by atoms with Gasteiger partial charge in [-0.25, -0.2) is 4.39 Å². The van der Waals surface area contributed by atoms with Crippen LogP contribution in [0.5, 0.6) is 0 Å². The third-order valence-electron chi connectivity index (χ3n) is 2.97. The van der Waals surface area contributed by atoms with Crippen molar-refractivity contribution < 1.29 is 13.9 Å². The van der Waals surface area contributed by atoms with Gasteiger partial charge < -0.3 is 9.47 Å². The van der Waals surface area contributed by atoms with Crippen LogP contribution in [0, 0.1) is 5.82 Å². The van der Waals surface area contributed by atoms with E-state index in [-0.39, 0.29) is 12.1 Å². The SMILES string of the molecule is Fc1cccc(-c2ccccc2C2OCCO2)c1. The number of hydrogen-bond donors (Lipinski definition) is 0. The summed E-state index contributed by atoms with van der Waals surface area (Å²) in [5, 5.41) is 0. The molecule has 0 bridgehead atoms. The average molecular weight is 244 g/mol. The molecule has 0 radical (unpaired) electrons. The van der Waals surface area contributed by atoms with Gasteiger partial charge >= 0.3 is 0 Å². The van der Waals surface area contributed by atoms with Gasteiger partial charge in [-0.2, -0.15) is 0 Å². The molecule has 0 aromatic heterocycles. The molecule has 0 unspecified atom stereocenters. The molecule has 2 aromatic rings. The van der Waals surface area contributed by atoms with Crippen molar-refractivity contribution in [3.8, 4) is 11.1 Å². The predicted octanol–water partition coefficient (Wildman–Crippen LogP) is 3.54. The lowest BCUT2D eigenvalue weighted by Crippen LogP contribution is -2.00. The molecular formula is C15H13FO2. The lowest BCUT2D eigenvalue weighted by molar-refractivity contribution is -0.0436. The Morgan fingerprint density at radius 1 is 0.944 bits per heavy atom. The number of hydrogen-bond acceptors (Lipinski definition) is 2. The van der Waals surface area contributed by atoms with E-state index in [0.29, 0.717) is 13.2 Å². The Balaban J connectivity index is 2.06. The topological polar surface area (TPSA) is 18.5 Å². The van der Waals surface area contributed by atoms with E-state index in [9.17, 15) is 4.39 Å². The molecule has 1 heterocycles. The lowest BCUT2D eigenvalue weighted by atomic mass is 9.99. The van der Waals surface area contributed by atoms with E-state index in [1.54, 1.807) is 6.07 Å². The molecule has 2 aromatic carbocycles. The Kier molecular flexibility index (Phi) is 3.09. The highest BCUT2D eigenvalue weighted by molar-refractivity contribution is 5.67. The van der Waals surface area contributed by atoms with Crippen molar-refractivity contribution in [3.63, 3.8) is 0 Å².